The number of nitrogens with zero attached hydrogens (tertiary/aromatic N) is 2. The molecule has 2 aliphatic heterocycles. The molecule has 1 fully saturated rings. The number of rotatable bonds is 2. The third-order valence-corrected chi connectivity index (χ3v) is 6.12. The number of anilines is 1. The summed E-state index contributed by atoms with van der Waals surface area (Å²) in [5.74, 6) is 0.373. The Morgan fingerprint density at radius 2 is 2.00 bits per heavy atom. The number of halogens is 2. The third kappa shape index (κ3) is 3.52. The van der Waals surface area contributed by atoms with Gasteiger partial charge in [-0.25, -0.2) is 0 Å². The smallest absolute Gasteiger partial charge is 0.251 e. The quantitative estimate of drug-likeness (QED) is 0.650. The molecule has 0 aliphatic carbocycles. The summed E-state index contributed by atoms with van der Waals surface area (Å²) in [6, 6.07) is 11.9. The number of likely N-dealkylation sites (N-methyl/N-ethyl adjacent to an activating group) is 1. The van der Waals surface area contributed by atoms with Crippen molar-refractivity contribution in [1.82, 2.24) is 4.90 Å². The van der Waals surface area contributed by atoms with Crippen LogP contribution in [0.25, 0.3) is 6.08 Å². The summed E-state index contributed by atoms with van der Waals surface area (Å²) in [5, 5.41) is 1.13. The monoisotopic (exact) mass is 400 g/mol. The molecular formula is C22H22Cl2N2O. The van der Waals surface area contributed by atoms with Crippen LogP contribution in [0, 0.1) is 6.92 Å². The zero-order chi connectivity index (χ0) is 19.1. The van der Waals surface area contributed by atoms with Crippen molar-refractivity contribution in [2.24, 2.45) is 0 Å². The number of fused-ring (bicyclic) bond motifs is 3. The Labute approximate surface area is 170 Å². The highest BCUT2D eigenvalue weighted by atomic mass is 35.5. The molecule has 0 aromatic heterocycles. The van der Waals surface area contributed by atoms with E-state index in [2.05, 4.69) is 37.1 Å². The van der Waals surface area contributed by atoms with Crippen LogP contribution in [0.15, 0.2) is 42.5 Å². The van der Waals surface area contributed by atoms with Gasteiger partial charge in [0, 0.05) is 40.3 Å². The van der Waals surface area contributed by atoms with Crippen LogP contribution in [0.5, 0.6) is 0 Å². The van der Waals surface area contributed by atoms with Crippen LogP contribution < -0.4 is 4.90 Å². The van der Waals surface area contributed by atoms with Crippen molar-refractivity contribution in [3.63, 3.8) is 0 Å². The fourth-order valence-electron chi connectivity index (χ4n) is 4.25. The molecule has 0 bridgehead atoms. The van der Waals surface area contributed by atoms with Gasteiger partial charge in [-0.1, -0.05) is 47.0 Å². The van der Waals surface area contributed by atoms with E-state index in [1.807, 2.05) is 11.0 Å². The summed E-state index contributed by atoms with van der Waals surface area (Å²) >= 11 is 12.2. The number of benzene rings is 2. The summed E-state index contributed by atoms with van der Waals surface area (Å²) < 4.78 is 0. The van der Waals surface area contributed by atoms with Gasteiger partial charge in [0.05, 0.1) is 0 Å². The van der Waals surface area contributed by atoms with Crippen molar-refractivity contribution in [3.8, 4) is 0 Å². The van der Waals surface area contributed by atoms with Gasteiger partial charge in [-0.2, -0.15) is 0 Å². The highest BCUT2D eigenvalue weighted by Gasteiger charge is 2.43. The second kappa shape index (κ2) is 7.31. The van der Waals surface area contributed by atoms with Crippen LogP contribution in [-0.2, 0) is 4.79 Å². The lowest BCUT2D eigenvalue weighted by molar-refractivity contribution is -0.114. The van der Waals surface area contributed by atoms with E-state index in [1.54, 1.807) is 24.3 Å². The number of amides is 1. The first-order valence-corrected chi connectivity index (χ1v) is 9.95. The van der Waals surface area contributed by atoms with E-state index in [1.165, 1.54) is 11.1 Å². The Morgan fingerprint density at radius 1 is 1.19 bits per heavy atom. The predicted molar refractivity (Wildman–Crippen MR) is 113 cm³/mol. The molecule has 140 valence electrons. The van der Waals surface area contributed by atoms with Crippen LogP contribution >= 0.6 is 23.2 Å². The number of carbonyl (C=O) groups is 1. The number of aryl methyl sites for hydroxylation is 1. The molecule has 2 aromatic carbocycles. The zero-order valence-electron chi connectivity index (χ0n) is 15.5. The van der Waals surface area contributed by atoms with Gasteiger partial charge in [0.25, 0.3) is 5.91 Å². The van der Waals surface area contributed by atoms with Gasteiger partial charge in [-0.05, 0) is 62.3 Å². The first-order chi connectivity index (χ1) is 12.9. The van der Waals surface area contributed by atoms with Crippen LogP contribution in [0.1, 0.15) is 29.0 Å². The lowest BCUT2D eigenvalue weighted by atomic mass is 9.89. The zero-order valence-corrected chi connectivity index (χ0v) is 17.0. The van der Waals surface area contributed by atoms with Crippen molar-refractivity contribution in [2.75, 3.05) is 25.0 Å². The molecule has 4 rings (SSSR count). The molecule has 0 unspecified atom stereocenters. The average molecular weight is 401 g/mol. The number of hydrogen-bond donors (Lipinski definition) is 0. The molecule has 0 spiro atoms. The maximum Gasteiger partial charge on any atom is 0.251 e. The second-order valence-corrected chi connectivity index (χ2v) is 8.34. The summed E-state index contributed by atoms with van der Waals surface area (Å²) in [6.45, 7) is 4.09. The molecule has 2 heterocycles. The van der Waals surface area contributed by atoms with Crippen molar-refractivity contribution in [1.29, 1.82) is 0 Å². The minimum atomic E-state index is 0.00294. The van der Waals surface area contributed by atoms with Crippen LogP contribution in [-0.4, -0.2) is 37.0 Å². The topological polar surface area (TPSA) is 23.6 Å². The highest BCUT2D eigenvalue weighted by molar-refractivity contribution is 6.35. The molecule has 5 heteroatoms. The Bertz CT molecular complexity index is 925. The first kappa shape index (κ1) is 18.5. The SMILES string of the molecule is Cc1ccc2c(c1)[C@@H]1CN(C)CC[C@@H]1N2C(=O)/C=C/c1ccc(Cl)cc1Cl. The van der Waals surface area contributed by atoms with Gasteiger partial charge in [0.2, 0.25) is 0 Å². The Hall–Kier alpha value is -1.81. The van der Waals surface area contributed by atoms with Gasteiger partial charge < -0.3 is 9.80 Å². The fourth-order valence-corrected chi connectivity index (χ4v) is 4.72. The van der Waals surface area contributed by atoms with E-state index >= 15 is 0 Å². The molecule has 27 heavy (non-hydrogen) atoms. The molecule has 2 aromatic rings. The summed E-state index contributed by atoms with van der Waals surface area (Å²) in [7, 11) is 2.15. The fraction of sp³-hybridized carbons (Fsp3) is 0.318. The normalized spacial score (nSPS) is 22.1. The number of hydrogen-bond acceptors (Lipinski definition) is 2. The largest absolute Gasteiger partial charge is 0.306 e. The lowest BCUT2D eigenvalue weighted by Gasteiger charge is -2.36. The van der Waals surface area contributed by atoms with Crippen molar-refractivity contribution in [2.45, 2.75) is 25.3 Å². The number of likely N-dealkylation sites (tertiary alicyclic amines) is 1. The summed E-state index contributed by atoms with van der Waals surface area (Å²) in [5.41, 5.74) is 4.36. The van der Waals surface area contributed by atoms with Gasteiger partial charge in [-0.15, -0.1) is 0 Å². The summed E-state index contributed by atoms with van der Waals surface area (Å²) in [6.07, 6.45) is 4.38. The van der Waals surface area contributed by atoms with Crippen molar-refractivity contribution < 1.29 is 4.79 Å². The van der Waals surface area contributed by atoms with Crippen molar-refractivity contribution >= 4 is 40.9 Å². The molecule has 2 atom stereocenters. The summed E-state index contributed by atoms with van der Waals surface area (Å²) in [4.78, 5) is 17.5. The Balaban J connectivity index is 1.66. The second-order valence-electron chi connectivity index (χ2n) is 7.49. The number of carbonyl (C=O) groups excluding carboxylic acids is 1. The Morgan fingerprint density at radius 3 is 2.78 bits per heavy atom. The average Bonchev–Trinajstić information content (AvgIpc) is 2.94. The standard InChI is InChI=1S/C22H22Cl2N2O/c1-14-3-7-20-17(11-14)18-13-25(2)10-9-21(18)26(20)22(27)8-5-15-4-6-16(23)12-19(15)24/h3-8,11-12,18,21H,9-10,13H2,1-2H3/b8-5+/t18-,21-/m0/s1. The maximum atomic E-state index is 13.1. The molecule has 0 saturated carbocycles. The third-order valence-electron chi connectivity index (χ3n) is 5.56. The molecule has 0 N–H and O–H groups in total. The van der Waals surface area contributed by atoms with Gasteiger partial charge in [0.1, 0.15) is 0 Å². The van der Waals surface area contributed by atoms with E-state index in [9.17, 15) is 4.79 Å². The van der Waals surface area contributed by atoms with E-state index in [4.69, 9.17) is 23.2 Å². The van der Waals surface area contributed by atoms with Crippen molar-refractivity contribution in [3.05, 3.63) is 69.2 Å². The highest BCUT2D eigenvalue weighted by Crippen LogP contribution is 2.45. The van der Waals surface area contributed by atoms with Gasteiger partial charge in [0.15, 0.2) is 0 Å². The van der Waals surface area contributed by atoms with Crippen LogP contribution in [0.3, 0.4) is 0 Å². The van der Waals surface area contributed by atoms with Gasteiger partial charge in [-0.3, -0.25) is 4.79 Å². The van der Waals surface area contributed by atoms with E-state index < -0.39 is 0 Å². The molecule has 1 amide bonds. The van der Waals surface area contributed by atoms with E-state index in [-0.39, 0.29) is 11.9 Å². The molecule has 1 saturated heterocycles. The molecule has 3 nitrogen and oxygen atoms in total. The Kier molecular flexibility index (Phi) is 5.02. The minimum absolute atomic E-state index is 0.00294. The predicted octanol–water partition coefficient (Wildman–Crippen LogP) is 5.15. The molecular weight excluding hydrogens is 379 g/mol. The van der Waals surface area contributed by atoms with Crippen LogP contribution in [0.4, 0.5) is 5.69 Å². The first-order valence-electron chi connectivity index (χ1n) is 9.19. The van der Waals surface area contributed by atoms with E-state index in [0.717, 1.165) is 30.8 Å². The maximum absolute atomic E-state index is 13.1. The van der Waals surface area contributed by atoms with Gasteiger partial charge >= 0.3 is 0 Å². The molecule has 2 aliphatic rings. The molecule has 0 radical (unpaired) electrons. The van der Waals surface area contributed by atoms with Crippen LogP contribution in [0.2, 0.25) is 10.0 Å². The lowest BCUT2D eigenvalue weighted by Crippen LogP contribution is -2.46. The minimum Gasteiger partial charge on any atom is -0.306 e. The number of piperidine rings is 1. The van der Waals surface area contributed by atoms with E-state index in [0.29, 0.717) is 16.0 Å².